The minimum atomic E-state index is -0.666. The lowest BCUT2D eigenvalue weighted by Crippen LogP contribution is -2.08. The molecule has 9 heteroatoms. The molecule has 0 radical (unpaired) electrons. The Hall–Kier alpha value is -3.62. The second-order valence-electron chi connectivity index (χ2n) is 7.93. The minimum absolute atomic E-state index is 0.0997. The fraction of sp³-hybridized carbons (Fsp3) is 0.200. The average molecular weight is 481 g/mol. The van der Waals surface area contributed by atoms with Gasteiger partial charge in [0.1, 0.15) is 30.0 Å². The number of H-pyrrole nitrogens is 2. The van der Waals surface area contributed by atoms with Gasteiger partial charge in [-0.3, -0.25) is 0 Å². The molecule has 0 bridgehead atoms. The molecule has 7 nitrogen and oxygen atoms in total. The van der Waals surface area contributed by atoms with Crippen LogP contribution in [0.4, 0.5) is 4.39 Å². The summed E-state index contributed by atoms with van der Waals surface area (Å²) in [5.41, 5.74) is 4.38. The minimum Gasteiger partial charge on any atom is -0.493 e. The Labute approximate surface area is 199 Å². The van der Waals surface area contributed by atoms with Crippen molar-refractivity contribution in [1.82, 2.24) is 19.9 Å². The largest absolute Gasteiger partial charge is 0.493 e. The third kappa shape index (κ3) is 4.06. The van der Waals surface area contributed by atoms with Crippen LogP contribution in [0.1, 0.15) is 28.6 Å². The fourth-order valence-electron chi connectivity index (χ4n) is 4.04. The van der Waals surface area contributed by atoms with Gasteiger partial charge in [0, 0.05) is 47.1 Å². The van der Waals surface area contributed by atoms with Crippen molar-refractivity contribution < 1.29 is 18.6 Å². The van der Waals surface area contributed by atoms with Crippen LogP contribution in [-0.2, 0) is 11.3 Å². The van der Waals surface area contributed by atoms with Crippen LogP contribution in [0.25, 0.3) is 22.1 Å². The molecule has 1 unspecified atom stereocenters. The molecular formula is C25H22ClFN4O3. The van der Waals surface area contributed by atoms with Crippen molar-refractivity contribution in [2.75, 3.05) is 14.2 Å². The molecule has 5 rings (SSSR count). The molecule has 1 atom stereocenters. The van der Waals surface area contributed by atoms with E-state index in [4.69, 9.17) is 25.8 Å². The second kappa shape index (κ2) is 8.96. The molecule has 0 fully saturated rings. The van der Waals surface area contributed by atoms with E-state index in [1.165, 1.54) is 20.3 Å². The highest BCUT2D eigenvalue weighted by Gasteiger charge is 2.24. The maximum atomic E-state index is 15.3. The quantitative estimate of drug-likeness (QED) is 0.304. The van der Waals surface area contributed by atoms with E-state index in [1.807, 2.05) is 19.1 Å². The van der Waals surface area contributed by atoms with E-state index in [9.17, 15) is 0 Å². The molecule has 0 aliphatic rings. The lowest BCUT2D eigenvalue weighted by atomic mass is 9.99. The number of aryl methyl sites for hydroxylation is 1. The topological polar surface area (TPSA) is 85.1 Å². The number of pyridine rings is 1. The van der Waals surface area contributed by atoms with Crippen molar-refractivity contribution in [3.63, 3.8) is 0 Å². The number of hydrogen-bond acceptors (Lipinski definition) is 5. The molecule has 3 heterocycles. The number of rotatable bonds is 7. The summed E-state index contributed by atoms with van der Waals surface area (Å²) < 4.78 is 32.4. The predicted molar refractivity (Wildman–Crippen MR) is 128 cm³/mol. The lowest BCUT2D eigenvalue weighted by Gasteiger charge is -2.19. The summed E-state index contributed by atoms with van der Waals surface area (Å²) >= 11 is 6.03. The summed E-state index contributed by atoms with van der Waals surface area (Å²) in [6, 6.07) is 10.3. The first-order chi connectivity index (χ1) is 16.5. The zero-order valence-corrected chi connectivity index (χ0v) is 19.5. The van der Waals surface area contributed by atoms with Gasteiger partial charge >= 0.3 is 0 Å². The smallest absolute Gasteiger partial charge is 0.164 e. The van der Waals surface area contributed by atoms with Gasteiger partial charge in [0.25, 0.3) is 0 Å². The monoisotopic (exact) mass is 480 g/mol. The molecule has 2 aromatic carbocycles. The molecule has 2 N–H and O–H groups in total. The van der Waals surface area contributed by atoms with Crippen LogP contribution in [0, 0.1) is 12.7 Å². The standard InChI is InChI=1S/C25H22ClFN4O3/c1-13-6-15-17(11-29-25(15)28-10-13)24(33-3)16-8-21(32-2)22(9-18(16)27)34-12-23-30-19-5-4-14(26)7-20(19)31-23/h4-11,24H,12H2,1-3H3,(H,28,29)(H,30,31). The van der Waals surface area contributed by atoms with Crippen LogP contribution in [-0.4, -0.2) is 34.2 Å². The van der Waals surface area contributed by atoms with Crippen molar-refractivity contribution in [2.45, 2.75) is 19.6 Å². The van der Waals surface area contributed by atoms with Gasteiger partial charge in [0.2, 0.25) is 0 Å². The van der Waals surface area contributed by atoms with E-state index in [0.717, 1.165) is 27.5 Å². The van der Waals surface area contributed by atoms with Crippen molar-refractivity contribution in [2.24, 2.45) is 0 Å². The van der Waals surface area contributed by atoms with Gasteiger partial charge in [0.15, 0.2) is 11.5 Å². The number of nitrogens with one attached hydrogen (secondary N) is 2. The van der Waals surface area contributed by atoms with Crippen LogP contribution in [0.15, 0.2) is 48.8 Å². The molecule has 0 amide bonds. The number of methoxy groups -OCH3 is 2. The Morgan fingerprint density at radius 2 is 1.94 bits per heavy atom. The number of aromatic amines is 2. The van der Waals surface area contributed by atoms with Crippen LogP contribution in [0.2, 0.25) is 5.02 Å². The van der Waals surface area contributed by atoms with Gasteiger partial charge in [-0.05, 0) is 42.8 Å². The number of ether oxygens (including phenoxy) is 3. The van der Waals surface area contributed by atoms with Gasteiger partial charge in [0.05, 0.1) is 18.1 Å². The van der Waals surface area contributed by atoms with Crippen molar-refractivity contribution in [3.05, 3.63) is 82.1 Å². The Bertz CT molecular complexity index is 1500. The number of benzene rings is 2. The molecule has 174 valence electrons. The molecule has 0 aliphatic carbocycles. The molecular weight excluding hydrogens is 459 g/mol. The lowest BCUT2D eigenvalue weighted by molar-refractivity contribution is 0.133. The van der Waals surface area contributed by atoms with Crippen molar-refractivity contribution in [1.29, 1.82) is 0 Å². The number of imidazole rings is 1. The van der Waals surface area contributed by atoms with Crippen LogP contribution in [0.5, 0.6) is 11.5 Å². The average Bonchev–Trinajstić information content (AvgIpc) is 3.42. The Balaban J connectivity index is 1.45. The maximum Gasteiger partial charge on any atom is 0.164 e. The van der Waals surface area contributed by atoms with Gasteiger partial charge in [-0.1, -0.05) is 11.6 Å². The first-order valence-electron chi connectivity index (χ1n) is 10.6. The summed E-state index contributed by atoms with van der Waals surface area (Å²) in [5.74, 6) is 0.745. The first-order valence-corrected chi connectivity index (χ1v) is 11.0. The number of fused-ring (bicyclic) bond motifs is 2. The highest BCUT2D eigenvalue weighted by Crippen LogP contribution is 2.38. The normalized spacial score (nSPS) is 12.4. The SMILES string of the molecule is COc1cc(C(OC)c2c[nH]c3ncc(C)cc23)c(F)cc1OCc1nc2ccc(Cl)cc2[nH]1. The van der Waals surface area contributed by atoms with E-state index < -0.39 is 11.9 Å². The van der Waals surface area contributed by atoms with Gasteiger partial charge in [-0.15, -0.1) is 0 Å². The third-order valence-electron chi connectivity index (χ3n) is 5.64. The fourth-order valence-corrected chi connectivity index (χ4v) is 4.21. The summed E-state index contributed by atoms with van der Waals surface area (Å²) in [5, 5.41) is 1.48. The summed E-state index contributed by atoms with van der Waals surface area (Å²) in [6.45, 7) is 2.06. The van der Waals surface area contributed by atoms with Crippen LogP contribution in [0.3, 0.4) is 0 Å². The molecule has 5 aromatic rings. The molecule has 3 aromatic heterocycles. The van der Waals surface area contributed by atoms with Crippen LogP contribution < -0.4 is 9.47 Å². The number of halogens is 2. The van der Waals surface area contributed by atoms with Crippen LogP contribution >= 0.6 is 11.6 Å². The summed E-state index contributed by atoms with van der Waals surface area (Å²) in [7, 11) is 3.05. The van der Waals surface area contributed by atoms with E-state index >= 15 is 4.39 Å². The summed E-state index contributed by atoms with van der Waals surface area (Å²) in [4.78, 5) is 15.1. The highest BCUT2D eigenvalue weighted by atomic mass is 35.5. The zero-order chi connectivity index (χ0) is 23.8. The van der Waals surface area contributed by atoms with Crippen molar-refractivity contribution in [3.8, 4) is 11.5 Å². The van der Waals surface area contributed by atoms with E-state index in [0.29, 0.717) is 27.8 Å². The molecule has 0 saturated carbocycles. The van der Waals surface area contributed by atoms with Gasteiger partial charge in [-0.2, -0.15) is 0 Å². The number of aromatic nitrogens is 4. The Morgan fingerprint density at radius 3 is 2.74 bits per heavy atom. The zero-order valence-electron chi connectivity index (χ0n) is 18.8. The molecule has 34 heavy (non-hydrogen) atoms. The first kappa shape index (κ1) is 22.2. The molecule has 0 saturated heterocycles. The molecule has 0 aliphatic heterocycles. The van der Waals surface area contributed by atoms with Gasteiger partial charge < -0.3 is 24.2 Å². The number of nitrogens with zero attached hydrogens (tertiary/aromatic N) is 2. The predicted octanol–water partition coefficient (Wildman–Crippen LogP) is 5.86. The van der Waals surface area contributed by atoms with E-state index in [2.05, 4.69) is 19.9 Å². The Morgan fingerprint density at radius 1 is 1.09 bits per heavy atom. The number of hydrogen-bond donors (Lipinski definition) is 2. The van der Waals surface area contributed by atoms with Crippen molar-refractivity contribution >= 4 is 33.7 Å². The van der Waals surface area contributed by atoms with E-state index in [-0.39, 0.29) is 12.4 Å². The molecule has 0 spiro atoms. The summed E-state index contributed by atoms with van der Waals surface area (Å²) in [6.07, 6.45) is 2.90. The second-order valence-corrected chi connectivity index (χ2v) is 8.36. The third-order valence-corrected chi connectivity index (χ3v) is 5.88. The maximum absolute atomic E-state index is 15.3. The van der Waals surface area contributed by atoms with Gasteiger partial charge in [-0.25, -0.2) is 14.4 Å². The van der Waals surface area contributed by atoms with E-state index in [1.54, 1.807) is 30.6 Å². The Kier molecular flexibility index (Phi) is 5.85. The highest BCUT2D eigenvalue weighted by molar-refractivity contribution is 6.31.